The number of hydrogen-bond acceptors (Lipinski definition) is 4. The van der Waals surface area contributed by atoms with Gasteiger partial charge in [0.2, 0.25) is 0 Å². The molecule has 1 aliphatic rings. The van der Waals surface area contributed by atoms with Crippen molar-refractivity contribution in [2.45, 2.75) is 20.4 Å². The van der Waals surface area contributed by atoms with E-state index in [2.05, 4.69) is 51.1 Å². The van der Waals surface area contributed by atoms with Crippen LogP contribution in [0.2, 0.25) is 0 Å². The summed E-state index contributed by atoms with van der Waals surface area (Å²) in [5.74, 6) is 0.526. The molecule has 1 aromatic heterocycles. The van der Waals surface area contributed by atoms with Crippen molar-refractivity contribution in [3.8, 4) is 0 Å². The Morgan fingerprint density at radius 3 is 2.41 bits per heavy atom. The lowest BCUT2D eigenvalue weighted by atomic mass is 10.1. The summed E-state index contributed by atoms with van der Waals surface area (Å²) >= 11 is 5.56. The van der Waals surface area contributed by atoms with Crippen LogP contribution < -0.4 is 15.1 Å². The van der Waals surface area contributed by atoms with Crippen LogP contribution in [0.3, 0.4) is 0 Å². The number of thiocarbonyl (C=S) groups is 1. The van der Waals surface area contributed by atoms with Gasteiger partial charge in [0.1, 0.15) is 0 Å². The summed E-state index contributed by atoms with van der Waals surface area (Å²) in [6, 6.07) is 17.6. The molecular weight excluding hydrogens is 444 g/mol. The Hall–Kier alpha value is -3.39. The molecule has 0 atom stereocenters. The highest BCUT2D eigenvalue weighted by Crippen LogP contribution is 2.25. The molecule has 1 fully saturated rings. The van der Waals surface area contributed by atoms with Gasteiger partial charge in [-0.3, -0.25) is 4.79 Å². The number of carbonyl (C=O) groups is 1. The highest BCUT2D eigenvalue weighted by atomic mass is 32.1. The van der Waals surface area contributed by atoms with E-state index in [1.54, 1.807) is 17.4 Å². The molecule has 1 saturated heterocycles. The average molecular weight is 477 g/mol. The Bertz CT molecular complexity index is 1060. The van der Waals surface area contributed by atoms with E-state index in [0.717, 1.165) is 54.9 Å². The molecule has 0 spiro atoms. The van der Waals surface area contributed by atoms with Gasteiger partial charge in [-0.15, -0.1) is 0 Å². The molecule has 3 aromatic rings. The number of anilines is 2. The molecule has 2 N–H and O–H groups in total. The highest BCUT2D eigenvalue weighted by Gasteiger charge is 2.21. The van der Waals surface area contributed by atoms with Gasteiger partial charge in [0.15, 0.2) is 5.11 Å². The van der Waals surface area contributed by atoms with Crippen LogP contribution in [-0.2, 0) is 6.54 Å². The third-order valence-electron chi connectivity index (χ3n) is 5.90. The lowest BCUT2D eigenvalue weighted by Gasteiger charge is -2.37. The van der Waals surface area contributed by atoms with Gasteiger partial charge in [-0.05, 0) is 54.5 Å². The topological polar surface area (TPSA) is 67.5 Å². The second-order valence-electron chi connectivity index (χ2n) is 8.90. The summed E-state index contributed by atoms with van der Waals surface area (Å²) < 4.78 is 0. The standard InChI is InChI=1S/C26H32N6OS/c1-20(2)16-28-26(34)31-14-12-30(13-15-31)23-8-10-24(11-9-23)32(18-22-17-27-19-29-22)25(33)21-6-4-3-5-7-21/h3-11,17,19-20H,12-16,18H2,1-2H3,(H,27,29)(H,28,34). The number of rotatable bonds is 7. The second-order valence-corrected chi connectivity index (χ2v) is 9.29. The monoisotopic (exact) mass is 476 g/mol. The largest absolute Gasteiger partial charge is 0.368 e. The SMILES string of the molecule is CC(C)CNC(=S)N1CCN(c2ccc(N(Cc3cnc[nH]3)C(=O)c3ccccc3)cc2)CC1. The zero-order valence-electron chi connectivity index (χ0n) is 19.8. The van der Waals surface area contributed by atoms with E-state index in [1.165, 1.54) is 0 Å². The highest BCUT2D eigenvalue weighted by molar-refractivity contribution is 7.80. The molecule has 34 heavy (non-hydrogen) atoms. The van der Waals surface area contributed by atoms with Crippen LogP contribution in [-0.4, -0.2) is 58.6 Å². The van der Waals surface area contributed by atoms with E-state index in [0.29, 0.717) is 18.0 Å². The van der Waals surface area contributed by atoms with Crippen LogP contribution in [0.5, 0.6) is 0 Å². The number of hydrogen-bond donors (Lipinski definition) is 2. The minimum absolute atomic E-state index is 0.0426. The number of piperazine rings is 1. The average Bonchev–Trinajstić information content (AvgIpc) is 3.39. The summed E-state index contributed by atoms with van der Waals surface area (Å²) in [6.07, 6.45) is 3.38. The number of imidazole rings is 1. The second kappa shape index (κ2) is 11.2. The third-order valence-corrected chi connectivity index (χ3v) is 6.31. The Kier molecular flexibility index (Phi) is 7.80. The first kappa shape index (κ1) is 23.8. The molecule has 0 unspecified atom stereocenters. The van der Waals surface area contributed by atoms with E-state index >= 15 is 0 Å². The summed E-state index contributed by atoms with van der Waals surface area (Å²) in [5, 5.41) is 4.21. The fraction of sp³-hybridized carbons (Fsp3) is 0.346. The van der Waals surface area contributed by atoms with E-state index in [1.807, 2.05) is 42.5 Å². The van der Waals surface area contributed by atoms with Crippen LogP contribution in [0.1, 0.15) is 29.9 Å². The Morgan fingerprint density at radius 1 is 1.09 bits per heavy atom. The number of H-pyrrole nitrogens is 1. The van der Waals surface area contributed by atoms with Crippen LogP contribution in [0.25, 0.3) is 0 Å². The first-order valence-electron chi connectivity index (χ1n) is 11.7. The van der Waals surface area contributed by atoms with Gasteiger partial charge in [0.25, 0.3) is 5.91 Å². The third kappa shape index (κ3) is 5.94. The number of carbonyl (C=O) groups excluding carboxylic acids is 1. The summed E-state index contributed by atoms with van der Waals surface area (Å²) in [4.78, 5) is 26.9. The van der Waals surface area contributed by atoms with E-state index in [4.69, 9.17) is 12.2 Å². The normalized spacial score (nSPS) is 13.7. The zero-order chi connectivity index (χ0) is 23.9. The first-order chi connectivity index (χ1) is 16.5. The maximum Gasteiger partial charge on any atom is 0.258 e. The molecule has 1 aliphatic heterocycles. The van der Waals surface area contributed by atoms with Crippen molar-refractivity contribution in [2.75, 3.05) is 42.5 Å². The molecule has 7 nitrogen and oxygen atoms in total. The fourth-order valence-corrected chi connectivity index (χ4v) is 4.24. The molecule has 0 saturated carbocycles. The summed E-state index contributed by atoms with van der Waals surface area (Å²) in [5.41, 5.74) is 3.54. The first-order valence-corrected chi connectivity index (χ1v) is 12.1. The summed E-state index contributed by atoms with van der Waals surface area (Å²) in [7, 11) is 0. The summed E-state index contributed by atoms with van der Waals surface area (Å²) in [6.45, 7) is 9.28. The molecular formula is C26H32N6OS. The predicted octanol–water partition coefficient (Wildman–Crippen LogP) is 3.91. The van der Waals surface area contributed by atoms with Crippen molar-refractivity contribution in [1.82, 2.24) is 20.2 Å². The molecule has 178 valence electrons. The molecule has 4 rings (SSSR count). The maximum absolute atomic E-state index is 13.3. The van der Waals surface area contributed by atoms with Crippen LogP contribution in [0.4, 0.5) is 11.4 Å². The van der Waals surface area contributed by atoms with Crippen molar-refractivity contribution in [1.29, 1.82) is 0 Å². The van der Waals surface area contributed by atoms with Gasteiger partial charge < -0.3 is 25.0 Å². The number of benzene rings is 2. The number of aromatic amines is 1. The maximum atomic E-state index is 13.3. The Balaban J connectivity index is 1.43. The van der Waals surface area contributed by atoms with E-state index in [9.17, 15) is 4.79 Å². The van der Waals surface area contributed by atoms with Gasteiger partial charge in [0, 0.05) is 55.9 Å². The number of amides is 1. The molecule has 2 heterocycles. The van der Waals surface area contributed by atoms with Gasteiger partial charge in [0.05, 0.1) is 18.6 Å². The van der Waals surface area contributed by atoms with Crippen molar-refractivity contribution < 1.29 is 4.79 Å². The minimum atomic E-state index is -0.0426. The quantitative estimate of drug-likeness (QED) is 0.504. The van der Waals surface area contributed by atoms with Crippen LogP contribution >= 0.6 is 12.2 Å². The van der Waals surface area contributed by atoms with Gasteiger partial charge in [-0.25, -0.2) is 4.98 Å². The van der Waals surface area contributed by atoms with Crippen LogP contribution in [0, 0.1) is 5.92 Å². The lowest BCUT2D eigenvalue weighted by Crippen LogP contribution is -2.52. The van der Waals surface area contributed by atoms with Crippen molar-refractivity contribution in [3.05, 3.63) is 78.4 Å². The number of nitrogens with one attached hydrogen (secondary N) is 2. The Labute approximate surface area is 206 Å². The van der Waals surface area contributed by atoms with Gasteiger partial charge in [-0.1, -0.05) is 32.0 Å². The minimum Gasteiger partial charge on any atom is -0.368 e. The van der Waals surface area contributed by atoms with Crippen molar-refractivity contribution in [3.63, 3.8) is 0 Å². The van der Waals surface area contributed by atoms with Crippen molar-refractivity contribution >= 4 is 34.6 Å². The Morgan fingerprint density at radius 2 is 1.79 bits per heavy atom. The van der Waals surface area contributed by atoms with Crippen LogP contribution in [0.15, 0.2) is 67.1 Å². The molecule has 8 heteroatoms. The zero-order valence-corrected chi connectivity index (χ0v) is 20.6. The molecule has 2 aromatic carbocycles. The van der Waals surface area contributed by atoms with E-state index < -0.39 is 0 Å². The molecule has 0 radical (unpaired) electrons. The molecule has 1 amide bonds. The smallest absolute Gasteiger partial charge is 0.258 e. The predicted molar refractivity (Wildman–Crippen MR) is 141 cm³/mol. The van der Waals surface area contributed by atoms with Gasteiger partial charge >= 0.3 is 0 Å². The lowest BCUT2D eigenvalue weighted by molar-refractivity contribution is 0.0985. The number of aromatic nitrogens is 2. The van der Waals surface area contributed by atoms with Crippen molar-refractivity contribution in [2.24, 2.45) is 5.92 Å². The molecule has 0 bridgehead atoms. The number of nitrogens with zero attached hydrogens (tertiary/aromatic N) is 4. The fourth-order valence-electron chi connectivity index (χ4n) is 3.97. The van der Waals surface area contributed by atoms with E-state index in [-0.39, 0.29) is 5.91 Å². The van der Waals surface area contributed by atoms with Gasteiger partial charge in [-0.2, -0.15) is 0 Å². The molecule has 0 aliphatic carbocycles.